The summed E-state index contributed by atoms with van der Waals surface area (Å²) < 4.78 is 2.06. The summed E-state index contributed by atoms with van der Waals surface area (Å²) in [5.41, 5.74) is 0. The van der Waals surface area contributed by atoms with Crippen molar-refractivity contribution < 1.29 is 4.79 Å². The van der Waals surface area contributed by atoms with Crippen molar-refractivity contribution in [2.45, 2.75) is 25.8 Å². The van der Waals surface area contributed by atoms with E-state index in [1.165, 1.54) is 0 Å². The molecule has 5 heteroatoms. The van der Waals surface area contributed by atoms with Gasteiger partial charge in [0.05, 0.1) is 0 Å². The number of aryl methyl sites for hydroxylation is 1. The van der Waals surface area contributed by atoms with Crippen LogP contribution >= 0.6 is 0 Å². The fourth-order valence-corrected chi connectivity index (χ4v) is 2.34. The third-order valence-electron chi connectivity index (χ3n) is 3.25. The van der Waals surface area contributed by atoms with E-state index in [1.54, 1.807) is 6.92 Å². The monoisotopic (exact) mass is 236 g/mol. The average molecular weight is 236 g/mol. The second kappa shape index (κ2) is 5.31. The molecule has 1 fully saturated rings. The summed E-state index contributed by atoms with van der Waals surface area (Å²) >= 11 is 0. The molecule has 5 nitrogen and oxygen atoms in total. The molecule has 1 unspecified atom stereocenters. The number of amides is 1. The van der Waals surface area contributed by atoms with Gasteiger partial charge in [-0.3, -0.25) is 4.79 Å². The van der Waals surface area contributed by atoms with Gasteiger partial charge >= 0.3 is 0 Å². The number of likely N-dealkylation sites (tertiary alicyclic amines) is 1. The molecule has 1 aliphatic heterocycles. The number of hydrogen-bond acceptors (Lipinski definition) is 3. The molecule has 2 rings (SSSR count). The van der Waals surface area contributed by atoms with Gasteiger partial charge in [-0.05, 0) is 6.42 Å². The third-order valence-corrected chi connectivity index (χ3v) is 3.25. The molecule has 0 spiro atoms. The number of nitrogens with zero attached hydrogens (tertiary/aromatic N) is 3. The summed E-state index contributed by atoms with van der Waals surface area (Å²) in [7, 11) is 2.02. The fraction of sp³-hybridized carbons (Fsp3) is 0.667. The predicted molar refractivity (Wildman–Crippen MR) is 65.6 cm³/mol. The second-order valence-corrected chi connectivity index (χ2v) is 4.69. The van der Waals surface area contributed by atoms with Crippen LogP contribution in [0.15, 0.2) is 12.4 Å². The van der Waals surface area contributed by atoms with Crippen LogP contribution < -0.4 is 5.32 Å². The van der Waals surface area contributed by atoms with E-state index in [0.29, 0.717) is 6.04 Å². The Bertz CT molecular complexity index is 388. The van der Waals surface area contributed by atoms with Crippen LogP contribution in [0, 0.1) is 0 Å². The van der Waals surface area contributed by atoms with Gasteiger partial charge in [0.15, 0.2) is 0 Å². The molecule has 17 heavy (non-hydrogen) atoms. The Labute approximate surface area is 102 Å². The van der Waals surface area contributed by atoms with Gasteiger partial charge in [0.25, 0.3) is 0 Å². The molecule has 0 radical (unpaired) electrons. The maximum atomic E-state index is 11.0. The molecule has 2 heterocycles. The minimum absolute atomic E-state index is 0.0703. The van der Waals surface area contributed by atoms with Crippen LogP contribution in [-0.2, 0) is 18.3 Å². The first-order valence-corrected chi connectivity index (χ1v) is 6.11. The first-order chi connectivity index (χ1) is 8.15. The Balaban J connectivity index is 1.75. The molecular formula is C12H20N4O. The Morgan fingerprint density at radius 2 is 2.47 bits per heavy atom. The number of carbonyl (C=O) groups is 1. The van der Waals surface area contributed by atoms with Crippen molar-refractivity contribution in [1.82, 2.24) is 19.8 Å². The Hall–Kier alpha value is -1.36. The second-order valence-electron chi connectivity index (χ2n) is 4.69. The first-order valence-electron chi connectivity index (χ1n) is 6.11. The number of aromatic nitrogens is 2. The van der Waals surface area contributed by atoms with Gasteiger partial charge in [0.2, 0.25) is 5.91 Å². The van der Waals surface area contributed by atoms with Crippen LogP contribution in [0.2, 0.25) is 0 Å². The molecule has 0 aliphatic carbocycles. The van der Waals surface area contributed by atoms with E-state index < -0.39 is 0 Å². The molecule has 0 bridgehead atoms. The summed E-state index contributed by atoms with van der Waals surface area (Å²) in [4.78, 5) is 17.6. The van der Waals surface area contributed by atoms with Crippen molar-refractivity contribution in [3.05, 3.63) is 18.2 Å². The normalized spacial score (nSPS) is 20.7. The Kier molecular flexibility index (Phi) is 3.78. The SMILES string of the molecule is CC(=O)NC1CCN(CCc2nccn2C)C1. The summed E-state index contributed by atoms with van der Waals surface area (Å²) in [6, 6.07) is 0.328. The highest BCUT2D eigenvalue weighted by Crippen LogP contribution is 2.09. The van der Waals surface area contributed by atoms with Crippen molar-refractivity contribution in [2.75, 3.05) is 19.6 Å². The van der Waals surface area contributed by atoms with Crippen LogP contribution in [-0.4, -0.2) is 46.0 Å². The van der Waals surface area contributed by atoms with E-state index in [1.807, 2.05) is 19.4 Å². The zero-order valence-electron chi connectivity index (χ0n) is 10.5. The van der Waals surface area contributed by atoms with E-state index in [4.69, 9.17) is 0 Å². The van der Waals surface area contributed by atoms with Gasteiger partial charge in [-0.1, -0.05) is 0 Å². The van der Waals surface area contributed by atoms with Crippen molar-refractivity contribution in [2.24, 2.45) is 7.05 Å². The molecule has 1 aromatic rings. The number of carbonyl (C=O) groups excluding carboxylic acids is 1. The lowest BCUT2D eigenvalue weighted by molar-refractivity contribution is -0.119. The minimum Gasteiger partial charge on any atom is -0.352 e. The third kappa shape index (κ3) is 3.30. The molecule has 0 aromatic carbocycles. The van der Waals surface area contributed by atoms with Crippen LogP contribution in [0.25, 0.3) is 0 Å². The lowest BCUT2D eigenvalue weighted by Crippen LogP contribution is -2.36. The molecule has 1 saturated heterocycles. The smallest absolute Gasteiger partial charge is 0.217 e. The van der Waals surface area contributed by atoms with Crippen molar-refractivity contribution in [3.63, 3.8) is 0 Å². The number of nitrogens with one attached hydrogen (secondary N) is 1. The van der Waals surface area contributed by atoms with E-state index in [-0.39, 0.29) is 5.91 Å². The van der Waals surface area contributed by atoms with Gasteiger partial charge in [0, 0.05) is 58.5 Å². The van der Waals surface area contributed by atoms with Gasteiger partial charge in [-0.2, -0.15) is 0 Å². The molecular weight excluding hydrogens is 216 g/mol. The Morgan fingerprint density at radius 3 is 3.12 bits per heavy atom. The Morgan fingerprint density at radius 1 is 1.65 bits per heavy atom. The zero-order chi connectivity index (χ0) is 12.3. The van der Waals surface area contributed by atoms with Crippen molar-refractivity contribution in [3.8, 4) is 0 Å². The summed E-state index contributed by atoms with van der Waals surface area (Å²) in [5, 5.41) is 2.97. The lowest BCUT2D eigenvalue weighted by atomic mass is 10.2. The maximum Gasteiger partial charge on any atom is 0.217 e. The molecule has 1 atom stereocenters. The molecule has 94 valence electrons. The maximum absolute atomic E-state index is 11.0. The molecule has 1 N–H and O–H groups in total. The van der Waals surface area contributed by atoms with Gasteiger partial charge in [-0.25, -0.2) is 4.98 Å². The standard InChI is InChI=1S/C12H20N4O/c1-10(17)14-11-3-6-16(9-11)7-4-12-13-5-8-15(12)2/h5,8,11H,3-4,6-7,9H2,1-2H3,(H,14,17). The summed E-state index contributed by atoms with van der Waals surface area (Å²) in [6.07, 6.45) is 5.83. The lowest BCUT2D eigenvalue weighted by Gasteiger charge is -2.15. The average Bonchev–Trinajstić information content (AvgIpc) is 2.84. The van der Waals surface area contributed by atoms with E-state index in [0.717, 1.165) is 38.3 Å². The van der Waals surface area contributed by atoms with Gasteiger partial charge in [0.1, 0.15) is 5.82 Å². The quantitative estimate of drug-likeness (QED) is 0.811. The fourth-order valence-electron chi connectivity index (χ4n) is 2.34. The molecule has 1 amide bonds. The van der Waals surface area contributed by atoms with Crippen molar-refractivity contribution >= 4 is 5.91 Å². The number of imidazole rings is 1. The largest absolute Gasteiger partial charge is 0.352 e. The minimum atomic E-state index is 0.0703. The zero-order valence-corrected chi connectivity index (χ0v) is 10.5. The highest BCUT2D eigenvalue weighted by Gasteiger charge is 2.22. The molecule has 0 saturated carbocycles. The highest BCUT2D eigenvalue weighted by molar-refractivity contribution is 5.73. The summed E-state index contributed by atoms with van der Waals surface area (Å²) in [5.74, 6) is 1.19. The topological polar surface area (TPSA) is 50.2 Å². The molecule has 1 aromatic heterocycles. The first kappa shape index (κ1) is 12.1. The van der Waals surface area contributed by atoms with Crippen molar-refractivity contribution in [1.29, 1.82) is 0 Å². The highest BCUT2D eigenvalue weighted by atomic mass is 16.1. The van der Waals surface area contributed by atoms with Gasteiger partial charge in [-0.15, -0.1) is 0 Å². The van der Waals surface area contributed by atoms with Gasteiger partial charge < -0.3 is 14.8 Å². The van der Waals surface area contributed by atoms with Crippen LogP contribution in [0.3, 0.4) is 0 Å². The molecule has 1 aliphatic rings. The van der Waals surface area contributed by atoms with Crippen LogP contribution in [0.4, 0.5) is 0 Å². The van der Waals surface area contributed by atoms with Crippen LogP contribution in [0.1, 0.15) is 19.2 Å². The van der Waals surface area contributed by atoms with E-state index in [2.05, 4.69) is 19.8 Å². The van der Waals surface area contributed by atoms with E-state index in [9.17, 15) is 4.79 Å². The van der Waals surface area contributed by atoms with Crippen LogP contribution in [0.5, 0.6) is 0 Å². The van der Waals surface area contributed by atoms with E-state index >= 15 is 0 Å². The number of rotatable bonds is 4. The number of hydrogen-bond donors (Lipinski definition) is 1. The predicted octanol–water partition coefficient (Wildman–Crippen LogP) is 0.173. The summed E-state index contributed by atoms with van der Waals surface area (Å²) in [6.45, 7) is 4.62.